The smallest absolute Gasteiger partial charge is 0.243 e. The molecule has 0 aliphatic carbocycles. The van der Waals surface area contributed by atoms with Crippen molar-refractivity contribution in [2.24, 2.45) is 11.7 Å². The van der Waals surface area contributed by atoms with Crippen LogP contribution in [0.3, 0.4) is 0 Å². The molecule has 1 heterocycles. The molecule has 2 unspecified atom stereocenters. The summed E-state index contributed by atoms with van der Waals surface area (Å²) < 4.78 is 27.0. The van der Waals surface area contributed by atoms with Gasteiger partial charge < -0.3 is 5.73 Å². The molecular weight excluding hydrogens is 296 g/mol. The van der Waals surface area contributed by atoms with Crippen LogP contribution in [0.4, 0.5) is 0 Å². The molecule has 2 N–H and O–H groups in total. The van der Waals surface area contributed by atoms with Crippen molar-refractivity contribution >= 4 is 22.4 Å². The van der Waals surface area contributed by atoms with Gasteiger partial charge in [0.15, 0.2) is 0 Å². The Morgan fingerprint density at radius 2 is 2.00 bits per heavy atom. The van der Waals surface area contributed by atoms with Crippen LogP contribution in [0.1, 0.15) is 24.5 Å². The first-order valence-corrected chi connectivity index (χ1v) is 8.09. The van der Waals surface area contributed by atoms with Gasteiger partial charge in [-0.2, -0.15) is 4.31 Å². The second kappa shape index (κ2) is 6.43. The molecule has 1 aromatic rings. The second-order valence-electron chi connectivity index (χ2n) is 5.53. The number of sulfonamides is 1. The summed E-state index contributed by atoms with van der Waals surface area (Å²) in [6.45, 7) is 6.85. The van der Waals surface area contributed by atoms with Crippen molar-refractivity contribution in [3.63, 3.8) is 0 Å². The lowest BCUT2D eigenvalue weighted by Crippen LogP contribution is -2.34. The van der Waals surface area contributed by atoms with Gasteiger partial charge in [-0.3, -0.25) is 0 Å². The Labute approximate surface area is 127 Å². The summed E-state index contributed by atoms with van der Waals surface area (Å²) in [6, 6.07) is 5.50. The van der Waals surface area contributed by atoms with Gasteiger partial charge in [0.2, 0.25) is 10.0 Å². The van der Waals surface area contributed by atoms with E-state index in [-0.39, 0.29) is 24.4 Å². The highest BCUT2D eigenvalue weighted by atomic mass is 35.5. The van der Waals surface area contributed by atoms with Crippen LogP contribution in [0.25, 0.3) is 0 Å². The maximum atomic E-state index is 12.7. The van der Waals surface area contributed by atoms with E-state index in [2.05, 4.69) is 0 Å². The Morgan fingerprint density at radius 1 is 1.35 bits per heavy atom. The van der Waals surface area contributed by atoms with E-state index in [4.69, 9.17) is 5.73 Å². The van der Waals surface area contributed by atoms with Gasteiger partial charge in [0.25, 0.3) is 0 Å². The molecule has 0 aromatic heterocycles. The fourth-order valence-electron chi connectivity index (χ4n) is 2.83. The van der Waals surface area contributed by atoms with Crippen molar-refractivity contribution in [3.05, 3.63) is 29.3 Å². The van der Waals surface area contributed by atoms with Crippen LogP contribution in [-0.2, 0) is 10.0 Å². The lowest BCUT2D eigenvalue weighted by Gasteiger charge is -2.22. The van der Waals surface area contributed by atoms with E-state index >= 15 is 0 Å². The Balaban J connectivity index is 0.00000200. The maximum Gasteiger partial charge on any atom is 0.243 e. The molecule has 4 nitrogen and oxygen atoms in total. The molecule has 1 aromatic carbocycles. The van der Waals surface area contributed by atoms with Crippen molar-refractivity contribution in [3.8, 4) is 0 Å². The van der Waals surface area contributed by atoms with Crippen LogP contribution < -0.4 is 5.73 Å². The van der Waals surface area contributed by atoms with Crippen LogP contribution in [-0.4, -0.2) is 31.9 Å². The number of hydrogen-bond acceptors (Lipinski definition) is 3. The average Bonchev–Trinajstić information content (AvgIpc) is 2.70. The van der Waals surface area contributed by atoms with E-state index < -0.39 is 10.0 Å². The number of nitrogens with two attached hydrogens (primary N) is 1. The van der Waals surface area contributed by atoms with Gasteiger partial charge >= 0.3 is 0 Å². The summed E-state index contributed by atoms with van der Waals surface area (Å²) in [5.74, 6) is 0.274. The molecule has 0 bridgehead atoms. The molecule has 114 valence electrons. The number of rotatable bonds is 3. The molecule has 1 aliphatic heterocycles. The number of hydrogen-bond donors (Lipinski definition) is 1. The van der Waals surface area contributed by atoms with Crippen LogP contribution in [0.15, 0.2) is 23.1 Å². The van der Waals surface area contributed by atoms with Crippen LogP contribution in [0, 0.1) is 19.8 Å². The highest BCUT2D eigenvalue weighted by molar-refractivity contribution is 7.89. The number of aryl methyl sites for hydroxylation is 2. The lowest BCUT2D eigenvalue weighted by molar-refractivity contribution is 0.404. The van der Waals surface area contributed by atoms with Gasteiger partial charge in [0.05, 0.1) is 4.90 Å². The minimum Gasteiger partial charge on any atom is -0.330 e. The van der Waals surface area contributed by atoms with E-state index in [1.54, 1.807) is 10.4 Å². The van der Waals surface area contributed by atoms with Crippen molar-refractivity contribution in [1.82, 2.24) is 4.31 Å². The van der Waals surface area contributed by atoms with Crippen molar-refractivity contribution in [2.75, 3.05) is 13.1 Å². The lowest BCUT2D eigenvalue weighted by atomic mass is 10.1. The maximum absolute atomic E-state index is 12.7. The van der Waals surface area contributed by atoms with Gasteiger partial charge in [-0.25, -0.2) is 8.42 Å². The standard InChI is InChI=1S/C14H22N2O2S.ClH/c1-10-4-5-14(11(2)6-10)19(17,18)16-9-13(8-15)7-12(16)3;/h4-6,12-13H,7-9,15H2,1-3H3;1H. The number of benzene rings is 1. The normalized spacial score (nSPS) is 23.6. The first-order valence-electron chi connectivity index (χ1n) is 6.65. The molecule has 2 atom stereocenters. The predicted molar refractivity (Wildman–Crippen MR) is 83.7 cm³/mol. The van der Waals surface area contributed by atoms with Crippen LogP contribution >= 0.6 is 12.4 Å². The molecule has 0 radical (unpaired) electrons. The summed E-state index contributed by atoms with van der Waals surface area (Å²) >= 11 is 0. The van der Waals surface area contributed by atoms with E-state index in [0.717, 1.165) is 17.5 Å². The van der Waals surface area contributed by atoms with Gasteiger partial charge in [-0.1, -0.05) is 17.7 Å². The first-order chi connectivity index (χ1) is 8.86. The molecule has 2 rings (SSSR count). The zero-order valence-corrected chi connectivity index (χ0v) is 13.8. The number of nitrogens with zero attached hydrogens (tertiary/aromatic N) is 1. The van der Waals surface area contributed by atoms with Gasteiger partial charge in [-0.05, 0) is 51.3 Å². The largest absolute Gasteiger partial charge is 0.330 e. The first kappa shape index (κ1) is 17.4. The molecule has 0 spiro atoms. The SMILES string of the molecule is Cc1ccc(S(=O)(=O)N2CC(CN)CC2C)c(C)c1.Cl. The predicted octanol–water partition coefficient (Wildman–Crippen LogP) is 2.08. The fraction of sp³-hybridized carbons (Fsp3) is 0.571. The van der Waals surface area contributed by atoms with Crippen LogP contribution in [0.5, 0.6) is 0 Å². The van der Waals surface area contributed by atoms with E-state index in [0.29, 0.717) is 18.0 Å². The Hall–Kier alpha value is -0.620. The van der Waals surface area contributed by atoms with Crippen molar-refractivity contribution in [2.45, 2.75) is 38.1 Å². The Kier molecular flexibility index (Phi) is 5.61. The summed E-state index contributed by atoms with van der Waals surface area (Å²) in [7, 11) is -3.40. The van der Waals surface area contributed by atoms with Gasteiger partial charge in [0.1, 0.15) is 0 Å². The highest BCUT2D eigenvalue weighted by Gasteiger charge is 2.37. The molecule has 6 heteroatoms. The highest BCUT2D eigenvalue weighted by Crippen LogP contribution is 2.30. The minimum atomic E-state index is -3.40. The van der Waals surface area contributed by atoms with Crippen LogP contribution in [0.2, 0.25) is 0 Å². The summed E-state index contributed by atoms with van der Waals surface area (Å²) in [4.78, 5) is 0.419. The van der Waals surface area contributed by atoms with Crippen molar-refractivity contribution in [1.29, 1.82) is 0 Å². The number of halogens is 1. The molecule has 0 amide bonds. The van der Waals surface area contributed by atoms with Crippen molar-refractivity contribution < 1.29 is 8.42 Å². The summed E-state index contributed by atoms with van der Waals surface area (Å²) in [5.41, 5.74) is 7.55. The molecule has 1 fully saturated rings. The topological polar surface area (TPSA) is 63.4 Å². The molecule has 0 saturated carbocycles. The Morgan fingerprint density at radius 3 is 2.50 bits per heavy atom. The third-order valence-electron chi connectivity index (χ3n) is 3.85. The Bertz CT molecular complexity index is 575. The van der Waals surface area contributed by atoms with E-state index in [1.165, 1.54) is 0 Å². The van der Waals surface area contributed by atoms with E-state index in [1.807, 2.05) is 32.9 Å². The van der Waals surface area contributed by atoms with E-state index in [9.17, 15) is 8.42 Å². The second-order valence-corrected chi connectivity index (χ2v) is 7.39. The zero-order chi connectivity index (χ0) is 14.2. The molecule has 1 aliphatic rings. The summed E-state index contributed by atoms with van der Waals surface area (Å²) in [5, 5.41) is 0. The zero-order valence-electron chi connectivity index (χ0n) is 12.2. The molecular formula is C14H23ClN2O2S. The van der Waals surface area contributed by atoms with Gasteiger partial charge in [-0.15, -0.1) is 12.4 Å². The third-order valence-corrected chi connectivity index (χ3v) is 5.99. The minimum absolute atomic E-state index is 0. The average molecular weight is 319 g/mol. The fourth-order valence-corrected chi connectivity index (χ4v) is 4.76. The quantitative estimate of drug-likeness (QED) is 0.928. The monoisotopic (exact) mass is 318 g/mol. The third kappa shape index (κ3) is 3.17. The van der Waals surface area contributed by atoms with Gasteiger partial charge in [0, 0.05) is 12.6 Å². The summed E-state index contributed by atoms with van der Waals surface area (Å²) in [6.07, 6.45) is 0.848. The molecule has 1 saturated heterocycles. The molecule has 20 heavy (non-hydrogen) atoms.